The zero-order valence-corrected chi connectivity index (χ0v) is 16.3. The van der Waals surface area contributed by atoms with Crippen molar-refractivity contribution in [2.24, 2.45) is 0 Å². The summed E-state index contributed by atoms with van der Waals surface area (Å²) in [5.41, 5.74) is 3.27. The summed E-state index contributed by atoms with van der Waals surface area (Å²) in [6, 6.07) is 7.22. The molecule has 0 saturated carbocycles. The second-order valence-electron chi connectivity index (χ2n) is 8.08. The van der Waals surface area contributed by atoms with Gasteiger partial charge in [-0.05, 0) is 43.5 Å². The predicted molar refractivity (Wildman–Crippen MR) is 107 cm³/mol. The lowest BCUT2D eigenvalue weighted by atomic mass is 10.00. The van der Waals surface area contributed by atoms with Crippen LogP contribution in [0.4, 0.5) is 18.9 Å². The highest BCUT2D eigenvalue weighted by Crippen LogP contribution is 2.33. The van der Waals surface area contributed by atoms with E-state index in [1.807, 2.05) is 4.90 Å². The quantitative estimate of drug-likeness (QED) is 0.656. The van der Waals surface area contributed by atoms with Gasteiger partial charge in [0.15, 0.2) is 0 Å². The fourth-order valence-electron chi connectivity index (χ4n) is 4.68. The standard InChI is InChI=1S/C22H23F3N4/c1-14-2-3-15-10-17(24)12-19-22(15)29(14)21(26-19)13-27-6-8-28(9-7-27)20-5-4-16(23)11-18(20)25/h4-5,10-12,14H,2-3,6-9,13H2,1H3. The van der Waals surface area contributed by atoms with Gasteiger partial charge in [-0.25, -0.2) is 18.2 Å². The van der Waals surface area contributed by atoms with Crippen LogP contribution in [0.2, 0.25) is 0 Å². The molecule has 5 rings (SSSR count). The monoisotopic (exact) mass is 400 g/mol. The van der Waals surface area contributed by atoms with Gasteiger partial charge in [-0.3, -0.25) is 4.90 Å². The molecule has 2 aliphatic heterocycles. The molecule has 29 heavy (non-hydrogen) atoms. The largest absolute Gasteiger partial charge is 0.367 e. The summed E-state index contributed by atoms with van der Waals surface area (Å²) < 4.78 is 43.5. The molecule has 4 nitrogen and oxygen atoms in total. The fourth-order valence-corrected chi connectivity index (χ4v) is 4.68. The molecule has 1 fully saturated rings. The highest BCUT2D eigenvalue weighted by molar-refractivity contribution is 5.80. The van der Waals surface area contributed by atoms with Crippen molar-refractivity contribution in [1.29, 1.82) is 0 Å². The number of imidazole rings is 1. The van der Waals surface area contributed by atoms with Gasteiger partial charge in [-0.15, -0.1) is 0 Å². The minimum atomic E-state index is -0.560. The van der Waals surface area contributed by atoms with Gasteiger partial charge in [-0.1, -0.05) is 0 Å². The number of hydrogen-bond donors (Lipinski definition) is 0. The Morgan fingerprint density at radius 1 is 1.00 bits per heavy atom. The summed E-state index contributed by atoms with van der Waals surface area (Å²) in [4.78, 5) is 9.00. The van der Waals surface area contributed by atoms with Gasteiger partial charge in [0, 0.05) is 44.4 Å². The summed E-state index contributed by atoms with van der Waals surface area (Å²) in [5, 5.41) is 0. The third-order valence-electron chi connectivity index (χ3n) is 6.16. The lowest BCUT2D eigenvalue weighted by molar-refractivity contribution is 0.238. The van der Waals surface area contributed by atoms with Crippen molar-refractivity contribution in [2.75, 3.05) is 31.1 Å². The number of rotatable bonds is 3. The molecular weight excluding hydrogens is 377 g/mol. The van der Waals surface area contributed by atoms with Crippen LogP contribution in [-0.4, -0.2) is 40.6 Å². The maximum absolute atomic E-state index is 14.1. The van der Waals surface area contributed by atoms with Crippen molar-refractivity contribution in [3.8, 4) is 0 Å². The summed E-state index contributed by atoms with van der Waals surface area (Å²) in [5.74, 6) is -0.352. The first-order chi connectivity index (χ1) is 14.0. The number of aromatic nitrogens is 2. The van der Waals surface area contributed by atoms with Crippen molar-refractivity contribution >= 4 is 16.7 Å². The van der Waals surface area contributed by atoms with Crippen LogP contribution in [0.5, 0.6) is 0 Å². The molecule has 1 unspecified atom stereocenters. The number of nitrogens with zero attached hydrogens (tertiary/aromatic N) is 4. The van der Waals surface area contributed by atoms with E-state index in [4.69, 9.17) is 4.98 Å². The van der Waals surface area contributed by atoms with Gasteiger partial charge in [0.2, 0.25) is 0 Å². The molecule has 0 spiro atoms. The zero-order chi connectivity index (χ0) is 20.1. The molecule has 1 atom stereocenters. The van der Waals surface area contributed by atoms with Crippen LogP contribution in [0.25, 0.3) is 11.0 Å². The van der Waals surface area contributed by atoms with E-state index < -0.39 is 11.6 Å². The highest BCUT2D eigenvalue weighted by atomic mass is 19.1. The summed E-state index contributed by atoms with van der Waals surface area (Å²) >= 11 is 0. The summed E-state index contributed by atoms with van der Waals surface area (Å²) in [6.45, 7) is 5.72. The van der Waals surface area contributed by atoms with E-state index in [-0.39, 0.29) is 5.82 Å². The van der Waals surface area contributed by atoms with Crippen LogP contribution in [0.3, 0.4) is 0 Å². The highest BCUT2D eigenvalue weighted by Gasteiger charge is 2.26. The minimum absolute atomic E-state index is 0.229. The van der Waals surface area contributed by atoms with E-state index in [0.29, 0.717) is 31.4 Å². The molecule has 1 aromatic heterocycles. The molecule has 0 radical (unpaired) electrons. The van der Waals surface area contributed by atoms with Crippen molar-refractivity contribution in [1.82, 2.24) is 14.5 Å². The molecule has 1 saturated heterocycles. The van der Waals surface area contributed by atoms with Crippen LogP contribution >= 0.6 is 0 Å². The lowest BCUT2D eigenvalue weighted by Crippen LogP contribution is -2.46. The van der Waals surface area contributed by atoms with E-state index in [0.717, 1.165) is 54.4 Å². The van der Waals surface area contributed by atoms with E-state index in [1.165, 1.54) is 18.2 Å². The van der Waals surface area contributed by atoms with Crippen molar-refractivity contribution in [2.45, 2.75) is 32.4 Å². The molecule has 7 heteroatoms. The first kappa shape index (κ1) is 18.5. The van der Waals surface area contributed by atoms with Crippen LogP contribution in [0.1, 0.15) is 30.8 Å². The number of hydrogen-bond acceptors (Lipinski definition) is 3. The Kier molecular flexibility index (Phi) is 4.50. The molecule has 3 aromatic rings. The molecule has 2 aliphatic rings. The Hall–Kier alpha value is -2.54. The third kappa shape index (κ3) is 3.27. The summed E-state index contributed by atoms with van der Waals surface area (Å²) in [6.07, 6.45) is 1.86. The van der Waals surface area contributed by atoms with Gasteiger partial charge in [0.1, 0.15) is 23.3 Å². The second-order valence-corrected chi connectivity index (χ2v) is 8.08. The van der Waals surface area contributed by atoms with E-state index in [1.54, 1.807) is 6.07 Å². The molecule has 152 valence electrons. The van der Waals surface area contributed by atoms with Crippen LogP contribution in [0, 0.1) is 17.5 Å². The molecule has 0 amide bonds. The minimum Gasteiger partial charge on any atom is -0.367 e. The topological polar surface area (TPSA) is 24.3 Å². The number of piperazine rings is 1. The molecule has 0 N–H and O–H groups in total. The number of benzene rings is 2. The van der Waals surface area contributed by atoms with E-state index in [2.05, 4.69) is 16.4 Å². The van der Waals surface area contributed by atoms with Crippen LogP contribution < -0.4 is 4.90 Å². The lowest BCUT2D eigenvalue weighted by Gasteiger charge is -2.36. The molecule has 3 heterocycles. The predicted octanol–water partition coefficient (Wildman–Crippen LogP) is 4.28. The SMILES string of the molecule is CC1CCc2cc(F)cc3nc(CN4CCN(c5ccc(F)cc5F)CC4)n1c23. The Labute approximate surface area is 167 Å². The molecular formula is C22H23F3N4. The summed E-state index contributed by atoms with van der Waals surface area (Å²) in [7, 11) is 0. The van der Waals surface area contributed by atoms with Crippen molar-refractivity contribution in [3.05, 3.63) is 59.2 Å². The number of aryl methyl sites for hydroxylation is 1. The van der Waals surface area contributed by atoms with Crippen molar-refractivity contribution < 1.29 is 13.2 Å². The first-order valence-electron chi connectivity index (χ1n) is 10.1. The number of anilines is 1. The first-order valence-corrected chi connectivity index (χ1v) is 10.1. The maximum Gasteiger partial charge on any atom is 0.149 e. The van der Waals surface area contributed by atoms with Crippen LogP contribution in [0.15, 0.2) is 30.3 Å². The normalized spacial score (nSPS) is 19.9. The van der Waals surface area contributed by atoms with Gasteiger partial charge in [0.25, 0.3) is 0 Å². The molecule has 2 aromatic carbocycles. The second kappa shape index (κ2) is 7.06. The van der Waals surface area contributed by atoms with Gasteiger partial charge in [-0.2, -0.15) is 0 Å². The smallest absolute Gasteiger partial charge is 0.149 e. The average molecular weight is 400 g/mol. The fraction of sp³-hybridized carbons (Fsp3) is 0.409. The van der Waals surface area contributed by atoms with E-state index in [9.17, 15) is 13.2 Å². The van der Waals surface area contributed by atoms with Gasteiger partial charge >= 0.3 is 0 Å². The number of halogens is 3. The maximum atomic E-state index is 14.1. The van der Waals surface area contributed by atoms with Gasteiger partial charge < -0.3 is 9.47 Å². The van der Waals surface area contributed by atoms with E-state index >= 15 is 0 Å². The molecule has 0 bridgehead atoms. The average Bonchev–Trinajstić information content (AvgIpc) is 3.04. The Bertz CT molecular complexity index is 1070. The van der Waals surface area contributed by atoms with Gasteiger partial charge in [0.05, 0.1) is 23.3 Å². The third-order valence-corrected chi connectivity index (χ3v) is 6.16. The zero-order valence-electron chi connectivity index (χ0n) is 16.3. The Morgan fingerprint density at radius 3 is 2.55 bits per heavy atom. The molecule has 0 aliphatic carbocycles. The van der Waals surface area contributed by atoms with Crippen LogP contribution in [-0.2, 0) is 13.0 Å². The van der Waals surface area contributed by atoms with Crippen molar-refractivity contribution in [3.63, 3.8) is 0 Å². The Balaban J connectivity index is 1.35. The Morgan fingerprint density at radius 2 is 1.79 bits per heavy atom.